The van der Waals surface area contributed by atoms with Crippen molar-refractivity contribution in [2.45, 2.75) is 32.2 Å². The molecule has 1 aromatic carbocycles. The van der Waals surface area contributed by atoms with Crippen LogP contribution in [0.5, 0.6) is 0 Å². The van der Waals surface area contributed by atoms with Gasteiger partial charge < -0.3 is 10.4 Å². The summed E-state index contributed by atoms with van der Waals surface area (Å²) in [5.41, 5.74) is 3.58. The summed E-state index contributed by atoms with van der Waals surface area (Å²) in [5.74, 6) is -0.798. The number of thiazole rings is 1. The van der Waals surface area contributed by atoms with Crippen molar-refractivity contribution in [3.8, 4) is 0 Å². The lowest BCUT2D eigenvalue weighted by atomic mass is 10.1. The summed E-state index contributed by atoms with van der Waals surface area (Å²) in [6.45, 7) is 2.06. The Morgan fingerprint density at radius 1 is 1.56 bits per heavy atom. The lowest BCUT2D eigenvalue weighted by Crippen LogP contribution is -2.29. The molecule has 1 atom stereocenters. The van der Waals surface area contributed by atoms with Gasteiger partial charge >= 0.3 is 5.97 Å². The van der Waals surface area contributed by atoms with Gasteiger partial charge in [-0.1, -0.05) is 19.8 Å². The van der Waals surface area contributed by atoms with E-state index in [4.69, 9.17) is 5.11 Å². The van der Waals surface area contributed by atoms with Crippen molar-refractivity contribution in [2.24, 2.45) is 0 Å². The highest BCUT2D eigenvalue weighted by molar-refractivity contribution is 7.16. The third-order valence-corrected chi connectivity index (χ3v) is 3.61. The van der Waals surface area contributed by atoms with E-state index in [9.17, 15) is 4.79 Å². The zero-order chi connectivity index (χ0) is 13.0. The topological polar surface area (TPSA) is 62.2 Å². The van der Waals surface area contributed by atoms with Gasteiger partial charge in [-0.05, 0) is 24.6 Å². The van der Waals surface area contributed by atoms with E-state index in [0.29, 0.717) is 6.42 Å². The minimum atomic E-state index is -0.798. The maximum atomic E-state index is 11.2. The average molecular weight is 264 g/mol. The molecule has 0 fully saturated rings. The van der Waals surface area contributed by atoms with Crippen LogP contribution in [0.3, 0.4) is 0 Å². The predicted octanol–water partition coefficient (Wildman–Crippen LogP) is 3.35. The molecule has 96 valence electrons. The third-order valence-electron chi connectivity index (χ3n) is 2.82. The molecule has 1 aromatic heterocycles. The Bertz CT molecular complexity index is 539. The van der Waals surface area contributed by atoms with Gasteiger partial charge in [-0.2, -0.15) is 0 Å². The van der Waals surface area contributed by atoms with Gasteiger partial charge in [-0.3, -0.25) is 0 Å². The number of carboxylic acid groups (broad SMARTS) is 1. The molecule has 0 amide bonds. The molecule has 0 aliphatic carbocycles. The molecule has 0 radical (unpaired) electrons. The number of aromatic nitrogens is 1. The molecule has 0 aliphatic heterocycles. The molecular formula is C13H16N2O2S. The first-order valence-corrected chi connectivity index (χ1v) is 6.91. The summed E-state index contributed by atoms with van der Waals surface area (Å²) in [6.07, 6.45) is 2.55. The molecule has 2 N–H and O–H groups in total. The van der Waals surface area contributed by atoms with E-state index in [1.54, 1.807) is 16.8 Å². The number of carbonyl (C=O) groups is 1. The highest BCUT2D eigenvalue weighted by Crippen LogP contribution is 2.22. The molecule has 18 heavy (non-hydrogen) atoms. The molecule has 0 saturated heterocycles. The SMILES string of the molecule is CCCCC(Nc1ccc2ncsc2c1)C(=O)O. The summed E-state index contributed by atoms with van der Waals surface area (Å²) < 4.78 is 1.07. The Kier molecular flexibility index (Phi) is 4.15. The fraction of sp³-hybridized carbons (Fsp3) is 0.385. The van der Waals surface area contributed by atoms with E-state index in [2.05, 4.69) is 17.2 Å². The molecule has 0 aliphatic rings. The van der Waals surface area contributed by atoms with Gasteiger partial charge in [0.05, 0.1) is 15.7 Å². The Morgan fingerprint density at radius 2 is 2.39 bits per heavy atom. The minimum absolute atomic E-state index is 0.518. The van der Waals surface area contributed by atoms with Gasteiger partial charge in [-0.15, -0.1) is 11.3 Å². The number of fused-ring (bicyclic) bond motifs is 1. The standard InChI is InChI=1S/C13H16N2O2S/c1-2-3-4-11(13(16)17)15-9-5-6-10-12(7-9)18-8-14-10/h5-8,11,15H,2-4H2,1H3,(H,16,17). The van der Waals surface area contributed by atoms with E-state index in [1.165, 1.54) is 0 Å². The number of nitrogens with zero attached hydrogens (tertiary/aromatic N) is 1. The molecule has 4 nitrogen and oxygen atoms in total. The third kappa shape index (κ3) is 2.98. The van der Waals surface area contributed by atoms with Crippen LogP contribution < -0.4 is 5.32 Å². The van der Waals surface area contributed by atoms with E-state index in [-0.39, 0.29) is 0 Å². The van der Waals surface area contributed by atoms with Crippen LogP contribution in [0, 0.1) is 0 Å². The molecule has 2 aromatic rings. The summed E-state index contributed by atoms with van der Waals surface area (Å²) >= 11 is 1.56. The Labute approximate surface area is 110 Å². The molecule has 1 heterocycles. The Hall–Kier alpha value is -1.62. The lowest BCUT2D eigenvalue weighted by Gasteiger charge is -2.15. The zero-order valence-corrected chi connectivity index (χ0v) is 11.0. The van der Waals surface area contributed by atoms with Gasteiger partial charge in [-0.25, -0.2) is 9.78 Å². The molecular weight excluding hydrogens is 248 g/mol. The van der Waals surface area contributed by atoms with Crippen molar-refractivity contribution in [3.05, 3.63) is 23.7 Å². The second-order valence-corrected chi connectivity index (χ2v) is 5.10. The molecule has 0 saturated carbocycles. The van der Waals surface area contributed by atoms with E-state index < -0.39 is 12.0 Å². The smallest absolute Gasteiger partial charge is 0.326 e. The first-order valence-electron chi connectivity index (χ1n) is 6.03. The monoisotopic (exact) mass is 264 g/mol. The fourth-order valence-electron chi connectivity index (χ4n) is 1.81. The largest absolute Gasteiger partial charge is 0.480 e. The van der Waals surface area contributed by atoms with Crippen LogP contribution >= 0.6 is 11.3 Å². The van der Waals surface area contributed by atoms with Crippen LogP contribution in [-0.2, 0) is 4.79 Å². The Balaban J connectivity index is 2.11. The van der Waals surface area contributed by atoms with Crippen LogP contribution in [0.15, 0.2) is 23.7 Å². The van der Waals surface area contributed by atoms with Gasteiger partial charge in [0, 0.05) is 5.69 Å². The molecule has 5 heteroatoms. The quantitative estimate of drug-likeness (QED) is 0.840. The summed E-state index contributed by atoms with van der Waals surface area (Å²) in [5, 5.41) is 12.2. The number of rotatable bonds is 6. The molecule has 1 unspecified atom stereocenters. The predicted molar refractivity (Wildman–Crippen MR) is 74.2 cm³/mol. The van der Waals surface area contributed by atoms with Crippen LogP contribution in [-0.4, -0.2) is 22.1 Å². The maximum absolute atomic E-state index is 11.2. The number of benzene rings is 1. The average Bonchev–Trinajstić information content (AvgIpc) is 2.81. The first-order chi connectivity index (χ1) is 8.70. The summed E-state index contributed by atoms with van der Waals surface area (Å²) in [4.78, 5) is 15.3. The van der Waals surface area contributed by atoms with Crippen LogP contribution in [0.2, 0.25) is 0 Å². The van der Waals surface area contributed by atoms with E-state index in [0.717, 1.165) is 28.7 Å². The van der Waals surface area contributed by atoms with Gasteiger partial charge in [0.2, 0.25) is 0 Å². The van der Waals surface area contributed by atoms with Crippen LogP contribution in [0.4, 0.5) is 5.69 Å². The van der Waals surface area contributed by atoms with E-state index >= 15 is 0 Å². The second-order valence-electron chi connectivity index (χ2n) is 4.21. The molecule has 2 rings (SSSR count). The number of anilines is 1. The lowest BCUT2D eigenvalue weighted by molar-refractivity contribution is -0.138. The van der Waals surface area contributed by atoms with E-state index in [1.807, 2.05) is 18.2 Å². The fourth-order valence-corrected chi connectivity index (χ4v) is 2.53. The number of hydrogen-bond donors (Lipinski definition) is 2. The van der Waals surface area contributed by atoms with Crippen molar-refractivity contribution in [1.82, 2.24) is 4.98 Å². The second kappa shape index (κ2) is 5.82. The molecule has 0 bridgehead atoms. The number of carboxylic acids is 1. The van der Waals surface area contributed by atoms with Gasteiger partial charge in [0.1, 0.15) is 6.04 Å². The van der Waals surface area contributed by atoms with Crippen molar-refractivity contribution in [1.29, 1.82) is 0 Å². The van der Waals surface area contributed by atoms with Crippen molar-refractivity contribution in [2.75, 3.05) is 5.32 Å². The zero-order valence-electron chi connectivity index (χ0n) is 10.2. The van der Waals surface area contributed by atoms with Crippen molar-refractivity contribution in [3.63, 3.8) is 0 Å². The maximum Gasteiger partial charge on any atom is 0.326 e. The van der Waals surface area contributed by atoms with Crippen LogP contribution in [0.25, 0.3) is 10.2 Å². The van der Waals surface area contributed by atoms with Crippen LogP contribution in [0.1, 0.15) is 26.2 Å². The molecule has 0 spiro atoms. The number of unbranched alkanes of at least 4 members (excludes halogenated alkanes) is 1. The number of nitrogens with one attached hydrogen (secondary N) is 1. The Morgan fingerprint density at radius 3 is 3.11 bits per heavy atom. The first kappa shape index (κ1) is 12.8. The van der Waals surface area contributed by atoms with Gasteiger partial charge in [0.25, 0.3) is 0 Å². The number of aliphatic carboxylic acids is 1. The van der Waals surface area contributed by atoms with Crippen molar-refractivity contribution >= 4 is 33.2 Å². The van der Waals surface area contributed by atoms with Gasteiger partial charge in [0.15, 0.2) is 0 Å². The highest BCUT2D eigenvalue weighted by Gasteiger charge is 2.16. The number of hydrogen-bond acceptors (Lipinski definition) is 4. The highest BCUT2D eigenvalue weighted by atomic mass is 32.1. The minimum Gasteiger partial charge on any atom is -0.480 e. The normalized spacial score (nSPS) is 12.5. The summed E-state index contributed by atoms with van der Waals surface area (Å²) in [7, 11) is 0. The summed E-state index contributed by atoms with van der Waals surface area (Å²) in [6, 6.07) is 5.22. The van der Waals surface area contributed by atoms with Crippen molar-refractivity contribution < 1.29 is 9.90 Å².